The van der Waals surface area contributed by atoms with Crippen LogP contribution in [0.5, 0.6) is 0 Å². The molecular weight excluding hydrogens is 480 g/mol. The zero-order valence-corrected chi connectivity index (χ0v) is 20.2. The van der Waals surface area contributed by atoms with Gasteiger partial charge in [0, 0.05) is 18.2 Å². The van der Waals surface area contributed by atoms with Gasteiger partial charge in [0.1, 0.15) is 17.8 Å². The number of nitrogens with zero attached hydrogens (tertiary/aromatic N) is 1. The first-order valence-corrected chi connectivity index (χ1v) is 12.0. The predicted molar refractivity (Wildman–Crippen MR) is 131 cm³/mol. The van der Waals surface area contributed by atoms with Crippen molar-refractivity contribution in [2.45, 2.75) is 56.7 Å². The van der Waals surface area contributed by atoms with Crippen molar-refractivity contribution >= 4 is 5.97 Å². The lowest BCUT2D eigenvalue weighted by atomic mass is 9.88. The third kappa shape index (κ3) is 5.01. The lowest BCUT2D eigenvalue weighted by molar-refractivity contribution is -0.155. The van der Waals surface area contributed by atoms with E-state index in [1.54, 1.807) is 6.92 Å². The van der Waals surface area contributed by atoms with Gasteiger partial charge < -0.3 is 24.1 Å². The summed E-state index contributed by atoms with van der Waals surface area (Å²) in [5.74, 6) is -1.13. The molecule has 0 radical (unpaired) electrons. The Morgan fingerprint density at radius 3 is 2.35 bits per heavy atom. The van der Waals surface area contributed by atoms with Gasteiger partial charge in [0.2, 0.25) is 0 Å². The van der Waals surface area contributed by atoms with E-state index >= 15 is 0 Å². The van der Waals surface area contributed by atoms with Gasteiger partial charge in [-0.2, -0.15) is 0 Å². The highest BCUT2D eigenvalue weighted by molar-refractivity contribution is 5.73. The number of aromatic amines is 1. The minimum absolute atomic E-state index is 0.00673. The minimum Gasteiger partial charge on any atom is -0.479 e. The van der Waals surface area contributed by atoms with Crippen LogP contribution in [0.4, 0.5) is 0 Å². The zero-order chi connectivity index (χ0) is 26.0. The zero-order valence-electron chi connectivity index (χ0n) is 20.2. The molecule has 2 saturated heterocycles. The molecule has 3 heterocycles. The Kier molecular flexibility index (Phi) is 7.07. The van der Waals surface area contributed by atoms with Crippen LogP contribution in [-0.2, 0) is 37.0 Å². The molecule has 0 saturated carbocycles. The van der Waals surface area contributed by atoms with Crippen LogP contribution < -0.4 is 11.2 Å². The second kappa shape index (κ2) is 10.4. The molecule has 5 atom stereocenters. The summed E-state index contributed by atoms with van der Waals surface area (Å²) in [7, 11) is 0. The summed E-state index contributed by atoms with van der Waals surface area (Å²) in [6.07, 6.45) is -2.49. The van der Waals surface area contributed by atoms with Crippen LogP contribution >= 0.6 is 0 Å². The first-order valence-electron chi connectivity index (χ1n) is 12.0. The van der Waals surface area contributed by atoms with E-state index in [9.17, 15) is 19.5 Å². The Morgan fingerprint density at radius 2 is 1.70 bits per heavy atom. The number of carboxylic acid groups (broad SMARTS) is 1. The summed E-state index contributed by atoms with van der Waals surface area (Å²) < 4.78 is 26.0. The third-order valence-electron chi connectivity index (χ3n) is 6.83. The number of nitrogens with one attached hydrogen (secondary N) is 1. The van der Waals surface area contributed by atoms with Gasteiger partial charge in [-0.15, -0.1) is 0 Å². The maximum Gasteiger partial charge on any atom is 0.332 e. The number of benzene rings is 2. The quantitative estimate of drug-likeness (QED) is 0.450. The van der Waals surface area contributed by atoms with Gasteiger partial charge >= 0.3 is 11.7 Å². The number of H-pyrrole nitrogens is 1. The van der Waals surface area contributed by atoms with Gasteiger partial charge in [0.15, 0.2) is 12.3 Å². The molecule has 2 aliphatic heterocycles. The summed E-state index contributed by atoms with van der Waals surface area (Å²) >= 11 is 0. The van der Waals surface area contributed by atoms with Gasteiger partial charge in [-0.25, -0.2) is 9.59 Å². The lowest BCUT2D eigenvalue weighted by Crippen LogP contribution is -2.49. The highest BCUT2D eigenvalue weighted by Gasteiger charge is 2.65. The molecule has 37 heavy (non-hydrogen) atoms. The topological polar surface area (TPSA) is 129 Å². The molecule has 194 valence electrons. The molecule has 2 aromatic carbocycles. The molecule has 0 spiro atoms. The highest BCUT2D eigenvalue weighted by atomic mass is 16.7. The van der Waals surface area contributed by atoms with E-state index in [0.29, 0.717) is 12.2 Å². The van der Waals surface area contributed by atoms with E-state index in [1.807, 2.05) is 60.7 Å². The molecule has 2 N–H and O–H groups in total. The van der Waals surface area contributed by atoms with Crippen LogP contribution in [0.3, 0.4) is 0 Å². The Balaban J connectivity index is 1.49. The second-order valence-corrected chi connectivity index (χ2v) is 9.31. The lowest BCUT2D eigenvalue weighted by Gasteiger charge is -2.32. The smallest absolute Gasteiger partial charge is 0.332 e. The van der Waals surface area contributed by atoms with E-state index in [-0.39, 0.29) is 19.6 Å². The van der Waals surface area contributed by atoms with Crippen LogP contribution in [-0.4, -0.2) is 51.1 Å². The first-order chi connectivity index (χ1) is 17.9. The molecule has 0 aliphatic carbocycles. The number of aromatic nitrogens is 2. The van der Waals surface area contributed by atoms with Crippen LogP contribution in [0.25, 0.3) is 0 Å². The van der Waals surface area contributed by atoms with E-state index in [1.165, 1.54) is 10.8 Å². The first kappa shape index (κ1) is 25.1. The summed E-state index contributed by atoms with van der Waals surface area (Å²) in [4.78, 5) is 39.0. The second-order valence-electron chi connectivity index (χ2n) is 9.31. The summed E-state index contributed by atoms with van der Waals surface area (Å²) in [5.41, 5.74) is -0.264. The average molecular weight is 509 g/mol. The van der Waals surface area contributed by atoms with Crippen molar-refractivity contribution in [2.24, 2.45) is 0 Å². The molecule has 10 nitrogen and oxygen atoms in total. The number of rotatable bonds is 9. The fourth-order valence-corrected chi connectivity index (χ4v) is 4.92. The largest absolute Gasteiger partial charge is 0.479 e. The Hall–Kier alpha value is -3.57. The van der Waals surface area contributed by atoms with Gasteiger partial charge in [-0.3, -0.25) is 14.3 Å². The van der Waals surface area contributed by atoms with Crippen molar-refractivity contribution in [3.05, 3.63) is 104 Å². The molecule has 0 unspecified atom stereocenters. The third-order valence-corrected chi connectivity index (χ3v) is 6.83. The molecule has 5 rings (SSSR count). The fourth-order valence-electron chi connectivity index (χ4n) is 4.92. The monoisotopic (exact) mass is 508 g/mol. The molecule has 1 aromatic heterocycles. The summed E-state index contributed by atoms with van der Waals surface area (Å²) in [6.45, 7) is 2.13. The van der Waals surface area contributed by atoms with Crippen molar-refractivity contribution < 1.29 is 28.8 Å². The number of fused-ring (bicyclic) bond motifs is 1. The van der Waals surface area contributed by atoms with Crippen LogP contribution in [0, 0.1) is 6.92 Å². The van der Waals surface area contributed by atoms with Crippen LogP contribution in [0.1, 0.15) is 29.3 Å². The molecule has 2 aliphatic rings. The number of hydrogen-bond acceptors (Lipinski definition) is 7. The fraction of sp³-hybridized carbons (Fsp3) is 0.370. The number of aryl methyl sites for hydroxylation is 1. The van der Waals surface area contributed by atoms with E-state index in [0.717, 1.165) is 11.1 Å². The summed E-state index contributed by atoms with van der Waals surface area (Å²) in [5, 5.41) is 9.80. The average Bonchev–Trinajstić information content (AvgIpc) is 3.42. The van der Waals surface area contributed by atoms with Crippen molar-refractivity contribution in [3.63, 3.8) is 0 Å². The molecule has 2 fully saturated rings. The summed E-state index contributed by atoms with van der Waals surface area (Å²) in [6, 6.07) is 19.1. The molecule has 0 amide bonds. The minimum atomic E-state index is -1.22. The van der Waals surface area contributed by atoms with Crippen molar-refractivity contribution in [3.8, 4) is 0 Å². The predicted octanol–water partition coefficient (Wildman–Crippen LogP) is 2.16. The number of ether oxygens (including phenoxy) is 4. The van der Waals surface area contributed by atoms with Crippen molar-refractivity contribution in [1.29, 1.82) is 0 Å². The Morgan fingerprint density at radius 1 is 1.05 bits per heavy atom. The van der Waals surface area contributed by atoms with E-state index in [2.05, 4.69) is 4.98 Å². The number of hydrogen-bond donors (Lipinski definition) is 2. The Labute approximate surface area is 212 Å². The van der Waals surface area contributed by atoms with Crippen molar-refractivity contribution in [2.75, 3.05) is 6.61 Å². The van der Waals surface area contributed by atoms with Gasteiger partial charge in [-0.05, 0) is 18.1 Å². The SMILES string of the molecule is Cc1cn([C@@H]2O[C@H](COCc3ccccc3)[C@]3(OCc4ccccc4)C[C@H](C(=O)O)O[C@H]23)c(=O)[nH]c1=O. The molecule has 10 heteroatoms. The van der Waals surface area contributed by atoms with E-state index < -0.39 is 47.4 Å². The number of aliphatic carboxylic acids is 1. The van der Waals surface area contributed by atoms with Gasteiger partial charge in [-0.1, -0.05) is 60.7 Å². The normalized spacial score (nSPS) is 26.7. The van der Waals surface area contributed by atoms with Crippen LogP contribution in [0.2, 0.25) is 0 Å². The van der Waals surface area contributed by atoms with Crippen LogP contribution in [0.15, 0.2) is 76.4 Å². The van der Waals surface area contributed by atoms with E-state index in [4.69, 9.17) is 18.9 Å². The highest BCUT2D eigenvalue weighted by Crippen LogP contribution is 2.50. The molecular formula is C27H28N2O8. The van der Waals surface area contributed by atoms with Gasteiger partial charge in [0.25, 0.3) is 5.56 Å². The maximum absolute atomic E-state index is 12.8. The number of carbonyl (C=O) groups is 1. The molecule has 3 aromatic rings. The Bertz CT molecular complexity index is 1360. The number of carboxylic acids is 1. The standard InChI is InChI=1S/C27H28N2O8/c1-17-13-29(26(33)28-23(17)30)24-22-27(12-20(36-22)25(31)32,35-15-19-10-6-3-7-11-19)21(37-24)16-34-14-18-8-4-2-5-9-18/h2-11,13,20-22,24H,12,14-16H2,1H3,(H,31,32)(H,28,30,33)/t20-,21-,22-,24-,27-/m1/s1. The molecule has 0 bridgehead atoms. The maximum atomic E-state index is 12.8. The van der Waals surface area contributed by atoms with Gasteiger partial charge in [0.05, 0.1) is 19.8 Å². The van der Waals surface area contributed by atoms with Crippen molar-refractivity contribution in [1.82, 2.24) is 9.55 Å².